The third kappa shape index (κ3) is 3.15. The normalized spacial score (nSPS) is 17.9. The molecule has 2 nitrogen and oxygen atoms in total. The Bertz CT molecular complexity index is 391. The summed E-state index contributed by atoms with van der Waals surface area (Å²) < 4.78 is 19.0. The summed E-state index contributed by atoms with van der Waals surface area (Å²) in [5.41, 5.74) is 0.707. The van der Waals surface area contributed by atoms with Crippen LogP contribution >= 0.6 is 11.6 Å². The van der Waals surface area contributed by atoms with Gasteiger partial charge in [0.2, 0.25) is 0 Å². The van der Waals surface area contributed by atoms with E-state index in [9.17, 15) is 4.39 Å². The molecule has 1 aromatic carbocycles. The zero-order valence-corrected chi connectivity index (χ0v) is 11.4. The quantitative estimate of drug-likeness (QED) is 0.779. The SMILES string of the molecule is COc1cccc(CN2CCC(CCl)CC2)c1F. The van der Waals surface area contributed by atoms with Crippen molar-refractivity contribution >= 4 is 11.6 Å². The molecule has 1 fully saturated rings. The Hall–Kier alpha value is -0.800. The minimum absolute atomic E-state index is 0.237. The number of rotatable bonds is 4. The van der Waals surface area contributed by atoms with Gasteiger partial charge in [-0.25, -0.2) is 4.39 Å². The highest BCUT2D eigenvalue weighted by Gasteiger charge is 2.19. The fourth-order valence-electron chi connectivity index (χ4n) is 2.38. The summed E-state index contributed by atoms with van der Waals surface area (Å²) in [5.74, 6) is 1.45. The molecule has 0 amide bonds. The van der Waals surface area contributed by atoms with Crippen LogP contribution in [0, 0.1) is 11.7 Å². The van der Waals surface area contributed by atoms with E-state index in [1.807, 2.05) is 12.1 Å². The first-order valence-corrected chi connectivity index (χ1v) is 6.87. The summed E-state index contributed by atoms with van der Waals surface area (Å²) in [6, 6.07) is 5.31. The van der Waals surface area contributed by atoms with Crippen LogP contribution in [0.25, 0.3) is 0 Å². The van der Waals surface area contributed by atoms with Crippen molar-refractivity contribution in [2.24, 2.45) is 5.92 Å². The van der Waals surface area contributed by atoms with Gasteiger partial charge in [-0.1, -0.05) is 12.1 Å². The Balaban J connectivity index is 1.98. The summed E-state index contributed by atoms with van der Waals surface area (Å²) in [6.45, 7) is 2.64. The molecule has 0 bridgehead atoms. The van der Waals surface area contributed by atoms with Gasteiger partial charge in [0.1, 0.15) is 0 Å². The Labute approximate surface area is 113 Å². The first kappa shape index (κ1) is 13.6. The van der Waals surface area contributed by atoms with Crippen LogP contribution in [0.3, 0.4) is 0 Å². The molecule has 4 heteroatoms. The fraction of sp³-hybridized carbons (Fsp3) is 0.571. The van der Waals surface area contributed by atoms with Crippen molar-refractivity contribution in [3.8, 4) is 5.75 Å². The second kappa shape index (κ2) is 6.39. The van der Waals surface area contributed by atoms with Crippen molar-refractivity contribution in [3.05, 3.63) is 29.6 Å². The second-order valence-electron chi connectivity index (χ2n) is 4.81. The molecule has 1 aromatic rings. The third-order valence-electron chi connectivity index (χ3n) is 3.58. The molecule has 0 aromatic heterocycles. The van der Waals surface area contributed by atoms with E-state index in [1.54, 1.807) is 6.07 Å². The first-order valence-electron chi connectivity index (χ1n) is 6.34. The number of hydrogen-bond acceptors (Lipinski definition) is 2. The number of alkyl halides is 1. The molecule has 18 heavy (non-hydrogen) atoms. The van der Waals surface area contributed by atoms with E-state index < -0.39 is 0 Å². The first-order chi connectivity index (χ1) is 8.74. The Kier molecular flexibility index (Phi) is 4.84. The average Bonchev–Trinajstić information content (AvgIpc) is 2.42. The Morgan fingerprint density at radius 1 is 1.39 bits per heavy atom. The fourth-order valence-corrected chi connectivity index (χ4v) is 2.68. The molecule has 1 aliphatic heterocycles. The number of hydrogen-bond donors (Lipinski definition) is 0. The van der Waals surface area contributed by atoms with E-state index in [0.29, 0.717) is 23.8 Å². The summed E-state index contributed by atoms with van der Waals surface area (Å²) in [4.78, 5) is 2.28. The Morgan fingerprint density at radius 2 is 2.11 bits per heavy atom. The molecule has 0 N–H and O–H groups in total. The van der Waals surface area contributed by atoms with Crippen molar-refractivity contribution in [1.82, 2.24) is 4.90 Å². The van der Waals surface area contributed by atoms with Crippen molar-refractivity contribution in [1.29, 1.82) is 0 Å². The van der Waals surface area contributed by atoms with Crippen molar-refractivity contribution < 1.29 is 9.13 Å². The number of ether oxygens (including phenoxy) is 1. The lowest BCUT2D eigenvalue weighted by atomic mass is 9.98. The van der Waals surface area contributed by atoms with E-state index in [0.717, 1.165) is 31.8 Å². The van der Waals surface area contributed by atoms with Crippen LogP contribution in [0.5, 0.6) is 5.75 Å². The highest BCUT2D eigenvalue weighted by Crippen LogP contribution is 2.24. The molecule has 1 aliphatic rings. The lowest BCUT2D eigenvalue weighted by molar-refractivity contribution is 0.184. The minimum atomic E-state index is -0.237. The molecule has 0 atom stereocenters. The van der Waals surface area contributed by atoms with E-state index >= 15 is 0 Å². The molecule has 0 aliphatic carbocycles. The van der Waals surface area contributed by atoms with Gasteiger partial charge >= 0.3 is 0 Å². The molecular weight excluding hydrogens is 253 g/mol. The topological polar surface area (TPSA) is 12.5 Å². The zero-order valence-electron chi connectivity index (χ0n) is 10.7. The van der Waals surface area contributed by atoms with Gasteiger partial charge in [0, 0.05) is 18.0 Å². The number of methoxy groups -OCH3 is 1. The number of likely N-dealkylation sites (tertiary alicyclic amines) is 1. The summed E-state index contributed by atoms with van der Waals surface area (Å²) >= 11 is 5.86. The summed E-state index contributed by atoms with van der Waals surface area (Å²) in [5, 5.41) is 0. The molecule has 100 valence electrons. The van der Waals surface area contributed by atoms with Gasteiger partial charge in [-0.2, -0.15) is 0 Å². The molecule has 2 rings (SSSR count). The van der Waals surface area contributed by atoms with Gasteiger partial charge in [0.15, 0.2) is 11.6 Å². The van der Waals surface area contributed by atoms with E-state index in [2.05, 4.69) is 4.90 Å². The maximum atomic E-state index is 14.0. The zero-order chi connectivity index (χ0) is 13.0. The van der Waals surface area contributed by atoms with E-state index in [1.165, 1.54) is 7.11 Å². The molecular formula is C14H19ClFNO. The predicted molar refractivity (Wildman–Crippen MR) is 71.7 cm³/mol. The van der Waals surface area contributed by atoms with Gasteiger partial charge in [0.25, 0.3) is 0 Å². The minimum Gasteiger partial charge on any atom is -0.494 e. The third-order valence-corrected chi connectivity index (χ3v) is 4.02. The van der Waals surface area contributed by atoms with Gasteiger partial charge in [-0.05, 0) is 37.9 Å². The molecule has 0 saturated carbocycles. The number of benzene rings is 1. The van der Waals surface area contributed by atoms with Crippen molar-refractivity contribution in [3.63, 3.8) is 0 Å². The maximum absolute atomic E-state index is 14.0. The molecule has 1 saturated heterocycles. The van der Waals surface area contributed by atoms with E-state index in [4.69, 9.17) is 16.3 Å². The van der Waals surface area contributed by atoms with Crippen molar-refractivity contribution in [2.45, 2.75) is 19.4 Å². The highest BCUT2D eigenvalue weighted by molar-refractivity contribution is 6.18. The van der Waals surface area contributed by atoms with Crippen LogP contribution in [0.4, 0.5) is 4.39 Å². The van der Waals surface area contributed by atoms with Gasteiger partial charge in [-0.15, -0.1) is 11.6 Å². The number of halogens is 2. The smallest absolute Gasteiger partial charge is 0.169 e. The predicted octanol–water partition coefficient (Wildman–Crippen LogP) is 3.29. The van der Waals surface area contributed by atoms with Crippen LogP contribution < -0.4 is 4.74 Å². The second-order valence-corrected chi connectivity index (χ2v) is 5.12. The van der Waals surface area contributed by atoms with Gasteiger partial charge < -0.3 is 4.74 Å². The van der Waals surface area contributed by atoms with Crippen LogP contribution in [0.1, 0.15) is 18.4 Å². The lowest BCUT2D eigenvalue weighted by Gasteiger charge is -2.31. The lowest BCUT2D eigenvalue weighted by Crippen LogP contribution is -2.33. The van der Waals surface area contributed by atoms with Crippen molar-refractivity contribution in [2.75, 3.05) is 26.1 Å². The molecule has 1 heterocycles. The Morgan fingerprint density at radius 3 is 2.72 bits per heavy atom. The highest BCUT2D eigenvalue weighted by atomic mass is 35.5. The van der Waals surface area contributed by atoms with Gasteiger partial charge in [-0.3, -0.25) is 4.90 Å². The molecule has 0 spiro atoms. The van der Waals surface area contributed by atoms with E-state index in [-0.39, 0.29) is 5.82 Å². The summed E-state index contributed by atoms with van der Waals surface area (Å²) in [7, 11) is 1.49. The van der Waals surface area contributed by atoms with Crippen LogP contribution in [0.15, 0.2) is 18.2 Å². The van der Waals surface area contributed by atoms with Crippen LogP contribution in [-0.4, -0.2) is 31.0 Å². The number of nitrogens with zero attached hydrogens (tertiary/aromatic N) is 1. The number of piperidine rings is 1. The molecule has 0 unspecified atom stereocenters. The monoisotopic (exact) mass is 271 g/mol. The molecule has 0 radical (unpaired) electrons. The average molecular weight is 272 g/mol. The summed E-state index contributed by atoms with van der Waals surface area (Å²) in [6.07, 6.45) is 2.21. The maximum Gasteiger partial charge on any atom is 0.169 e. The largest absolute Gasteiger partial charge is 0.494 e. The van der Waals surface area contributed by atoms with Crippen LogP contribution in [-0.2, 0) is 6.54 Å². The van der Waals surface area contributed by atoms with Gasteiger partial charge in [0.05, 0.1) is 7.11 Å². The van der Waals surface area contributed by atoms with Crippen LogP contribution in [0.2, 0.25) is 0 Å². The standard InChI is InChI=1S/C14H19ClFNO/c1-18-13-4-2-3-12(14(13)16)10-17-7-5-11(9-15)6-8-17/h2-4,11H,5-10H2,1H3.